The number of halogens is 1. The van der Waals surface area contributed by atoms with E-state index >= 15 is 0 Å². The van der Waals surface area contributed by atoms with Crippen LogP contribution in [0.15, 0.2) is 42.6 Å². The fraction of sp³-hybridized carbons (Fsp3) is 0.333. The topological polar surface area (TPSA) is 92.2 Å². The summed E-state index contributed by atoms with van der Waals surface area (Å²) in [6.45, 7) is 4.65. The fourth-order valence-electron chi connectivity index (χ4n) is 4.25. The number of H-pyrrole nitrogens is 1. The molecule has 1 fully saturated rings. The zero-order valence-electron chi connectivity index (χ0n) is 19.0. The SMILES string of the molecule is CCOC(=O)N1CCC(n2c(-c3ccnc(NC(C)=O)c3)c(-c3ccc(F)cc3)[nH]c2=S)CC1. The molecule has 0 aliphatic carbocycles. The number of piperidine rings is 1. The Morgan fingerprint density at radius 2 is 1.91 bits per heavy atom. The molecule has 4 rings (SSSR count). The molecule has 1 aliphatic heterocycles. The lowest BCUT2D eigenvalue weighted by molar-refractivity contribution is -0.114. The number of hydrogen-bond acceptors (Lipinski definition) is 5. The molecular weight excluding hydrogens is 457 g/mol. The van der Waals surface area contributed by atoms with Crippen LogP contribution in [0.3, 0.4) is 0 Å². The number of likely N-dealkylation sites (tertiary alicyclic amines) is 1. The van der Waals surface area contributed by atoms with E-state index in [0.717, 1.165) is 22.5 Å². The number of rotatable bonds is 5. The van der Waals surface area contributed by atoms with Gasteiger partial charge in [0.25, 0.3) is 0 Å². The predicted molar refractivity (Wildman–Crippen MR) is 129 cm³/mol. The molecule has 2 N–H and O–H groups in total. The van der Waals surface area contributed by atoms with E-state index in [1.54, 1.807) is 36.2 Å². The maximum absolute atomic E-state index is 13.6. The van der Waals surface area contributed by atoms with E-state index in [4.69, 9.17) is 17.0 Å². The highest BCUT2D eigenvalue weighted by Gasteiger charge is 2.28. The first-order valence-electron chi connectivity index (χ1n) is 11.1. The quantitative estimate of drug-likeness (QED) is 0.489. The van der Waals surface area contributed by atoms with E-state index in [1.165, 1.54) is 19.1 Å². The van der Waals surface area contributed by atoms with Gasteiger partial charge >= 0.3 is 6.09 Å². The second-order valence-electron chi connectivity index (χ2n) is 8.06. The third kappa shape index (κ3) is 5.01. The molecule has 0 bridgehead atoms. The normalized spacial score (nSPS) is 14.1. The Morgan fingerprint density at radius 1 is 1.21 bits per heavy atom. The monoisotopic (exact) mass is 483 g/mol. The minimum Gasteiger partial charge on any atom is -0.450 e. The molecule has 0 unspecified atom stereocenters. The summed E-state index contributed by atoms with van der Waals surface area (Å²) in [4.78, 5) is 32.9. The molecule has 1 saturated heterocycles. The predicted octanol–water partition coefficient (Wildman–Crippen LogP) is 5.17. The number of nitrogens with zero attached hydrogens (tertiary/aromatic N) is 3. The van der Waals surface area contributed by atoms with Crippen molar-refractivity contribution < 1.29 is 18.7 Å². The molecule has 0 saturated carbocycles. The van der Waals surface area contributed by atoms with E-state index in [9.17, 15) is 14.0 Å². The van der Waals surface area contributed by atoms with E-state index in [-0.39, 0.29) is 23.9 Å². The molecule has 3 aromatic rings. The number of amides is 2. The number of carbonyl (C=O) groups is 2. The second-order valence-corrected chi connectivity index (χ2v) is 8.45. The highest BCUT2D eigenvalue weighted by atomic mass is 32.1. The number of aromatic amines is 1. The molecule has 0 radical (unpaired) electrons. The van der Waals surface area contributed by atoms with Gasteiger partial charge in [0.2, 0.25) is 5.91 Å². The Balaban J connectivity index is 1.77. The highest BCUT2D eigenvalue weighted by molar-refractivity contribution is 7.71. The van der Waals surface area contributed by atoms with Gasteiger partial charge in [-0.15, -0.1) is 0 Å². The molecule has 2 amide bonds. The van der Waals surface area contributed by atoms with E-state index in [0.29, 0.717) is 43.1 Å². The summed E-state index contributed by atoms with van der Waals surface area (Å²) >= 11 is 5.74. The Kier molecular flexibility index (Phi) is 7.06. The van der Waals surface area contributed by atoms with Crippen LogP contribution in [0, 0.1) is 10.6 Å². The molecule has 2 aromatic heterocycles. The van der Waals surface area contributed by atoms with Crippen LogP contribution in [0.1, 0.15) is 32.7 Å². The van der Waals surface area contributed by atoms with Crippen molar-refractivity contribution in [3.8, 4) is 22.5 Å². The fourth-order valence-corrected chi connectivity index (χ4v) is 4.60. The van der Waals surface area contributed by atoms with Crippen molar-refractivity contribution in [3.05, 3.63) is 53.2 Å². The molecule has 1 aromatic carbocycles. The van der Waals surface area contributed by atoms with Gasteiger partial charge in [0, 0.05) is 43.4 Å². The maximum Gasteiger partial charge on any atom is 0.409 e. The highest BCUT2D eigenvalue weighted by Crippen LogP contribution is 2.37. The Hall–Kier alpha value is -3.53. The van der Waals surface area contributed by atoms with Crippen molar-refractivity contribution in [2.24, 2.45) is 0 Å². The lowest BCUT2D eigenvalue weighted by Gasteiger charge is -2.32. The minimum absolute atomic E-state index is 0.0380. The average molecular weight is 484 g/mol. The summed E-state index contributed by atoms with van der Waals surface area (Å²) in [6.07, 6.45) is 2.72. The van der Waals surface area contributed by atoms with Crippen LogP contribution in [-0.2, 0) is 9.53 Å². The van der Waals surface area contributed by atoms with Gasteiger partial charge in [0.15, 0.2) is 4.77 Å². The number of aromatic nitrogens is 3. The van der Waals surface area contributed by atoms with Crippen molar-refractivity contribution in [2.45, 2.75) is 32.7 Å². The van der Waals surface area contributed by atoms with Gasteiger partial charge in [-0.1, -0.05) is 0 Å². The van der Waals surface area contributed by atoms with Crippen LogP contribution in [0.2, 0.25) is 0 Å². The van der Waals surface area contributed by atoms with Crippen LogP contribution in [-0.4, -0.2) is 51.1 Å². The molecule has 1 aliphatic rings. The van der Waals surface area contributed by atoms with Gasteiger partial charge in [0.05, 0.1) is 18.0 Å². The largest absolute Gasteiger partial charge is 0.450 e. The summed E-state index contributed by atoms with van der Waals surface area (Å²) < 4.78 is 21.3. The zero-order chi connectivity index (χ0) is 24.2. The Morgan fingerprint density at radius 3 is 2.56 bits per heavy atom. The minimum atomic E-state index is -0.327. The molecule has 0 spiro atoms. The van der Waals surface area contributed by atoms with E-state index in [1.807, 2.05) is 6.07 Å². The number of imidazole rings is 1. The second kappa shape index (κ2) is 10.2. The third-order valence-electron chi connectivity index (χ3n) is 5.75. The molecule has 178 valence electrons. The van der Waals surface area contributed by atoms with Crippen molar-refractivity contribution in [2.75, 3.05) is 25.0 Å². The molecule has 3 heterocycles. The molecule has 34 heavy (non-hydrogen) atoms. The van der Waals surface area contributed by atoms with E-state index < -0.39 is 0 Å². The van der Waals surface area contributed by atoms with Gasteiger partial charge in [-0.25, -0.2) is 14.2 Å². The molecule has 10 heteroatoms. The standard InChI is InChI=1S/C24H26FN5O3S/c1-3-33-24(32)29-12-9-19(10-13-29)30-22(17-8-11-26-20(14-17)27-15(2)31)21(28-23(30)34)16-4-6-18(25)7-5-16/h4-8,11,14,19H,3,9-10,12-13H2,1-2H3,(H,28,34)(H,26,27,31). The first kappa shape index (κ1) is 23.6. The van der Waals surface area contributed by atoms with Gasteiger partial charge in [-0.2, -0.15) is 0 Å². The molecule has 0 atom stereocenters. The first-order chi connectivity index (χ1) is 16.4. The van der Waals surface area contributed by atoms with Crippen LogP contribution in [0.4, 0.5) is 15.0 Å². The lowest BCUT2D eigenvalue weighted by Crippen LogP contribution is -2.39. The number of ether oxygens (including phenoxy) is 1. The number of carbonyl (C=O) groups excluding carboxylic acids is 2. The van der Waals surface area contributed by atoms with Crippen LogP contribution in [0.25, 0.3) is 22.5 Å². The summed E-state index contributed by atoms with van der Waals surface area (Å²) in [7, 11) is 0. The average Bonchev–Trinajstić information content (AvgIpc) is 3.16. The Labute approximate surface area is 201 Å². The van der Waals surface area contributed by atoms with Crippen molar-refractivity contribution in [1.82, 2.24) is 19.4 Å². The van der Waals surface area contributed by atoms with Gasteiger partial charge in [0.1, 0.15) is 11.6 Å². The van der Waals surface area contributed by atoms with Gasteiger partial charge in [-0.05, 0) is 68.4 Å². The maximum atomic E-state index is 13.6. The first-order valence-corrected chi connectivity index (χ1v) is 11.5. The van der Waals surface area contributed by atoms with E-state index in [2.05, 4.69) is 19.9 Å². The lowest BCUT2D eigenvalue weighted by atomic mass is 10.0. The van der Waals surface area contributed by atoms with Gasteiger partial charge in [-0.3, -0.25) is 4.79 Å². The number of pyridine rings is 1. The van der Waals surface area contributed by atoms with Gasteiger partial charge < -0.3 is 24.5 Å². The number of anilines is 1. The van der Waals surface area contributed by atoms with Crippen molar-refractivity contribution in [1.29, 1.82) is 0 Å². The van der Waals surface area contributed by atoms with Crippen molar-refractivity contribution in [3.63, 3.8) is 0 Å². The number of nitrogens with one attached hydrogen (secondary N) is 2. The summed E-state index contributed by atoms with van der Waals surface area (Å²) in [5.41, 5.74) is 3.15. The van der Waals surface area contributed by atoms with Crippen molar-refractivity contribution >= 4 is 30.0 Å². The summed E-state index contributed by atoms with van der Waals surface area (Å²) in [5, 5.41) is 2.71. The Bertz CT molecular complexity index is 1250. The summed E-state index contributed by atoms with van der Waals surface area (Å²) in [5.74, 6) is -0.127. The smallest absolute Gasteiger partial charge is 0.409 e. The number of benzene rings is 1. The summed E-state index contributed by atoms with van der Waals surface area (Å²) in [6, 6.07) is 9.88. The molecular formula is C24H26FN5O3S. The zero-order valence-corrected chi connectivity index (χ0v) is 19.8. The van der Waals surface area contributed by atoms with Crippen LogP contribution in [0.5, 0.6) is 0 Å². The third-order valence-corrected chi connectivity index (χ3v) is 6.05. The van der Waals surface area contributed by atoms with Crippen LogP contribution < -0.4 is 5.32 Å². The van der Waals surface area contributed by atoms with Crippen LogP contribution >= 0.6 is 12.2 Å². The number of hydrogen-bond donors (Lipinski definition) is 2. The molecule has 8 nitrogen and oxygen atoms in total.